The molecule has 3 N–H and O–H groups in total. The maximum atomic E-state index is 13.5. The normalized spacial score (nSPS) is 11.0. The molecule has 3 aromatic carbocycles. The number of nitrogens with one attached hydrogen (secondary N) is 2. The number of aromatic amines is 1. The first-order valence-corrected chi connectivity index (χ1v) is 11.3. The predicted octanol–water partition coefficient (Wildman–Crippen LogP) is 4.78. The summed E-state index contributed by atoms with van der Waals surface area (Å²) in [6.45, 7) is 0.317. The lowest BCUT2D eigenvalue weighted by Gasteiger charge is -2.18. The quantitative estimate of drug-likeness (QED) is 0.239. The topological polar surface area (TPSA) is 108 Å². The van der Waals surface area contributed by atoms with E-state index in [1.165, 1.54) is 0 Å². The second-order valence-electron chi connectivity index (χ2n) is 8.45. The van der Waals surface area contributed by atoms with Crippen LogP contribution in [0, 0.1) is 0 Å². The number of amides is 2. The lowest BCUT2D eigenvalue weighted by atomic mass is 10.1. The zero-order valence-electron chi connectivity index (χ0n) is 19.8. The summed E-state index contributed by atoms with van der Waals surface area (Å²) in [5.74, 6) is -0.170. The van der Waals surface area contributed by atoms with Crippen molar-refractivity contribution in [2.75, 3.05) is 14.2 Å². The standard InChI is InChI=1S/C28H24N4O4/c1-32(16-17-11-13-18(14-12-17)27(33)31-35)28(34)23-15-21-19-7-3-5-9-22(19)29-26(21)25(30-23)20-8-4-6-10-24(20)36-2/h3-15,29,35H,16H2,1-2H3,(H,31,33). The minimum atomic E-state index is -0.592. The summed E-state index contributed by atoms with van der Waals surface area (Å²) in [5.41, 5.74) is 6.28. The van der Waals surface area contributed by atoms with Crippen molar-refractivity contribution in [2.45, 2.75) is 6.54 Å². The Kier molecular flexibility index (Phi) is 6.10. The Balaban J connectivity index is 1.56. The Labute approximate surface area is 207 Å². The van der Waals surface area contributed by atoms with Gasteiger partial charge in [-0.3, -0.25) is 14.8 Å². The largest absolute Gasteiger partial charge is 0.496 e. The van der Waals surface area contributed by atoms with Gasteiger partial charge in [-0.25, -0.2) is 10.5 Å². The number of hydrogen-bond acceptors (Lipinski definition) is 5. The molecule has 0 aliphatic carbocycles. The number of H-pyrrole nitrogens is 1. The SMILES string of the molecule is COc1ccccc1-c1nc(C(=O)N(C)Cc2ccc(C(=O)NO)cc2)cc2c1[nH]c1ccccc12. The number of fused-ring (bicyclic) bond motifs is 3. The van der Waals surface area contributed by atoms with Crippen molar-refractivity contribution in [3.05, 3.63) is 95.7 Å². The van der Waals surface area contributed by atoms with E-state index in [1.807, 2.05) is 54.6 Å². The molecular weight excluding hydrogens is 456 g/mol. The number of aromatic nitrogens is 2. The molecule has 0 unspecified atom stereocenters. The van der Waals surface area contributed by atoms with Gasteiger partial charge in [0.05, 0.1) is 18.3 Å². The Bertz CT molecular complexity index is 1590. The van der Waals surface area contributed by atoms with E-state index >= 15 is 0 Å². The molecule has 0 bridgehead atoms. The fourth-order valence-corrected chi connectivity index (χ4v) is 4.36. The molecule has 2 heterocycles. The van der Waals surface area contributed by atoms with Gasteiger partial charge < -0.3 is 14.6 Å². The van der Waals surface area contributed by atoms with E-state index in [1.54, 1.807) is 48.8 Å². The molecule has 2 aromatic heterocycles. The van der Waals surface area contributed by atoms with Gasteiger partial charge in [0.25, 0.3) is 11.8 Å². The summed E-state index contributed by atoms with van der Waals surface area (Å²) < 4.78 is 5.59. The van der Waals surface area contributed by atoms with Crippen LogP contribution in [0.1, 0.15) is 26.4 Å². The monoisotopic (exact) mass is 480 g/mol. The van der Waals surface area contributed by atoms with E-state index in [0.29, 0.717) is 29.2 Å². The number of ether oxygens (including phenoxy) is 1. The van der Waals surface area contributed by atoms with Crippen molar-refractivity contribution in [2.24, 2.45) is 0 Å². The van der Waals surface area contributed by atoms with Crippen LogP contribution < -0.4 is 10.2 Å². The van der Waals surface area contributed by atoms with E-state index < -0.39 is 5.91 Å². The van der Waals surface area contributed by atoms with E-state index in [-0.39, 0.29) is 5.91 Å². The van der Waals surface area contributed by atoms with Crippen LogP contribution >= 0.6 is 0 Å². The number of hydrogen-bond donors (Lipinski definition) is 3. The Morgan fingerprint density at radius 2 is 1.72 bits per heavy atom. The zero-order valence-corrected chi connectivity index (χ0v) is 19.8. The average molecular weight is 481 g/mol. The van der Waals surface area contributed by atoms with Gasteiger partial charge in [0.2, 0.25) is 0 Å². The number of rotatable bonds is 6. The fraction of sp³-hybridized carbons (Fsp3) is 0.107. The highest BCUT2D eigenvalue weighted by Crippen LogP contribution is 2.36. The first-order chi connectivity index (χ1) is 17.5. The third kappa shape index (κ3) is 4.14. The summed E-state index contributed by atoms with van der Waals surface area (Å²) in [5, 5.41) is 10.7. The van der Waals surface area contributed by atoms with E-state index in [4.69, 9.17) is 14.9 Å². The molecule has 0 spiro atoms. The molecule has 0 atom stereocenters. The van der Waals surface area contributed by atoms with Gasteiger partial charge in [0.15, 0.2) is 0 Å². The molecule has 180 valence electrons. The Morgan fingerprint density at radius 3 is 2.47 bits per heavy atom. The fourth-order valence-electron chi connectivity index (χ4n) is 4.36. The number of carbonyl (C=O) groups excluding carboxylic acids is 2. The van der Waals surface area contributed by atoms with E-state index in [0.717, 1.165) is 32.9 Å². The number of nitrogens with zero attached hydrogens (tertiary/aromatic N) is 2. The van der Waals surface area contributed by atoms with Gasteiger partial charge in [0.1, 0.15) is 11.4 Å². The van der Waals surface area contributed by atoms with Crippen molar-refractivity contribution in [3.8, 4) is 17.0 Å². The van der Waals surface area contributed by atoms with Crippen molar-refractivity contribution >= 4 is 33.6 Å². The van der Waals surface area contributed by atoms with Crippen LogP contribution in [-0.4, -0.2) is 46.0 Å². The van der Waals surface area contributed by atoms with Gasteiger partial charge in [-0.15, -0.1) is 0 Å². The summed E-state index contributed by atoms with van der Waals surface area (Å²) in [4.78, 5) is 34.9. The minimum Gasteiger partial charge on any atom is -0.496 e. The number of hydroxylamine groups is 1. The summed E-state index contributed by atoms with van der Waals surface area (Å²) >= 11 is 0. The first kappa shape index (κ1) is 23.1. The summed E-state index contributed by atoms with van der Waals surface area (Å²) in [7, 11) is 3.32. The first-order valence-electron chi connectivity index (χ1n) is 11.3. The second kappa shape index (κ2) is 9.52. The molecule has 8 nitrogen and oxygen atoms in total. The molecule has 2 amide bonds. The van der Waals surface area contributed by atoms with E-state index in [2.05, 4.69) is 4.98 Å². The highest BCUT2D eigenvalue weighted by molar-refractivity contribution is 6.13. The molecule has 5 rings (SSSR count). The number of para-hydroxylation sites is 2. The van der Waals surface area contributed by atoms with Crippen LogP contribution in [0.4, 0.5) is 0 Å². The highest BCUT2D eigenvalue weighted by Gasteiger charge is 2.21. The Hall–Kier alpha value is -4.69. The number of benzene rings is 3. The van der Waals surface area contributed by atoms with Crippen LogP contribution in [-0.2, 0) is 6.54 Å². The molecule has 0 fully saturated rings. The average Bonchev–Trinajstić information content (AvgIpc) is 3.30. The zero-order chi connectivity index (χ0) is 25.2. The lowest BCUT2D eigenvalue weighted by molar-refractivity contribution is 0.0705. The number of pyridine rings is 1. The molecule has 0 saturated carbocycles. The number of carbonyl (C=O) groups is 2. The predicted molar refractivity (Wildman–Crippen MR) is 137 cm³/mol. The van der Waals surface area contributed by atoms with Crippen molar-refractivity contribution in [3.63, 3.8) is 0 Å². The van der Waals surface area contributed by atoms with Crippen molar-refractivity contribution in [1.82, 2.24) is 20.3 Å². The molecular formula is C28H24N4O4. The van der Waals surface area contributed by atoms with Crippen LogP contribution in [0.25, 0.3) is 33.1 Å². The van der Waals surface area contributed by atoms with Gasteiger partial charge >= 0.3 is 0 Å². The highest BCUT2D eigenvalue weighted by atomic mass is 16.5. The third-order valence-electron chi connectivity index (χ3n) is 6.16. The van der Waals surface area contributed by atoms with Crippen LogP contribution in [0.5, 0.6) is 5.75 Å². The van der Waals surface area contributed by atoms with Crippen molar-refractivity contribution < 1.29 is 19.5 Å². The smallest absolute Gasteiger partial charge is 0.274 e. The number of methoxy groups -OCH3 is 1. The van der Waals surface area contributed by atoms with Gasteiger partial charge in [-0.2, -0.15) is 0 Å². The molecule has 0 aliphatic heterocycles. The summed E-state index contributed by atoms with van der Waals surface area (Å²) in [6.07, 6.45) is 0. The third-order valence-corrected chi connectivity index (χ3v) is 6.16. The van der Waals surface area contributed by atoms with Gasteiger partial charge in [-0.1, -0.05) is 42.5 Å². The molecule has 5 aromatic rings. The van der Waals surface area contributed by atoms with Crippen LogP contribution in [0.3, 0.4) is 0 Å². The molecule has 8 heteroatoms. The van der Waals surface area contributed by atoms with E-state index in [9.17, 15) is 9.59 Å². The van der Waals surface area contributed by atoms with Crippen molar-refractivity contribution in [1.29, 1.82) is 0 Å². The lowest BCUT2D eigenvalue weighted by Crippen LogP contribution is -2.27. The second-order valence-corrected chi connectivity index (χ2v) is 8.45. The van der Waals surface area contributed by atoms with Crippen LogP contribution in [0.2, 0.25) is 0 Å². The Morgan fingerprint density at radius 1 is 1.00 bits per heavy atom. The minimum absolute atomic E-state index is 0.240. The molecule has 36 heavy (non-hydrogen) atoms. The molecule has 0 radical (unpaired) electrons. The van der Waals surface area contributed by atoms with Gasteiger partial charge in [0, 0.05) is 41.0 Å². The van der Waals surface area contributed by atoms with Gasteiger partial charge in [-0.05, 0) is 42.0 Å². The maximum absolute atomic E-state index is 13.5. The molecule has 0 aliphatic rings. The maximum Gasteiger partial charge on any atom is 0.274 e. The van der Waals surface area contributed by atoms with Crippen LogP contribution in [0.15, 0.2) is 78.9 Å². The summed E-state index contributed by atoms with van der Waals surface area (Å²) in [6, 6.07) is 24.0. The molecule has 0 saturated heterocycles.